The van der Waals surface area contributed by atoms with Gasteiger partial charge >= 0.3 is 0 Å². The maximum absolute atomic E-state index is 13.3. The molecule has 0 saturated carbocycles. The van der Waals surface area contributed by atoms with Crippen molar-refractivity contribution in [2.75, 3.05) is 11.9 Å². The average Bonchev–Trinajstić information content (AvgIpc) is 2.20. The lowest BCUT2D eigenvalue weighted by atomic mass is 10.0. The van der Waals surface area contributed by atoms with Crippen molar-refractivity contribution in [2.24, 2.45) is 0 Å². The Morgan fingerprint density at radius 2 is 2.13 bits per heavy atom. The quantitative estimate of drug-likeness (QED) is 0.802. The van der Waals surface area contributed by atoms with Gasteiger partial charge in [0, 0.05) is 6.54 Å². The molecule has 2 nitrogen and oxygen atoms in total. The second-order valence-electron chi connectivity index (χ2n) is 4.19. The molecule has 0 fully saturated rings. The first-order valence-corrected chi connectivity index (χ1v) is 5.17. The summed E-state index contributed by atoms with van der Waals surface area (Å²) in [6.07, 6.45) is 0.632. The molecule has 0 aliphatic rings. The summed E-state index contributed by atoms with van der Waals surface area (Å²) in [5, 5.41) is 12.7. The van der Waals surface area contributed by atoms with Gasteiger partial charge in [-0.3, -0.25) is 0 Å². The van der Waals surface area contributed by atoms with Crippen LogP contribution in [0.1, 0.15) is 25.8 Å². The second kappa shape index (κ2) is 4.62. The Balaban J connectivity index is 2.69. The van der Waals surface area contributed by atoms with E-state index in [0.29, 0.717) is 18.7 Å². The molecule has 1 rings (SSSR count). The van der Waals surface area contributed by atoms with Gasteiger partial charge in [-0.2, -0.15) is 0 Å². The van der Waals surface area contributed by atoms with Gasteiger partial charge in [0.25, 0.3) is 0 Å². The van der Waals surface area contributed by atoms with Crippen LogP contribution in [0.2, 0.25) is 0 Å². The summed E-state index contributed by atoms with van der Waals surface area (Å²) in [6.45, 7) is 5.88. The van der Waals surface area contributed by atoms with Gasteiger partial charge in [0.05, 0.1) is 11.3 Å². The van der Waals surface area contributed by atoms with Crippen molar-refractivity contribution in [2.45, 2.75) is 32.8 Å². The maximum atomic E-state index is 13.3. The fourth-order valence-electron chi connectivity index (χ4n) is 1.19. The SMILES string of the molecule is CCC(C)(O)CNc1cc(C)ccc1F. The van der Waals surface area contributed by atoms with Gasteiger partial charge in [0.15, 0.2) is 0 Å². The molecule has 0 amide bonds. The van der Waals surface area contributed by atoms with Gasteiger partial charge in [0.2, 0.25) is 0 Å². The Kier molecular flexibility index (Phi) is 3.69. The minimum Gasteiger partial charge on any atom is -0.388 e. The summed E-state index contributed by atoms with van der Waals surface area (Å²) in [7, 11) is 0. The second-order valence-corrected chi connectivity index (χ2v) is 4.19. The zero-order chi connectivity index (χ0) is 11.5. The number of rotatable bonds is 4. The normalized spacial score (nSPS) is 14.7. The number of hydrogen-bond donors (Lipinski definition) is 2. The van der Waals surface area contributed by atoms with Crippen molar-refractivity contribution in [1.29, 1.82) is 0 Å². The minimum atomic E-state index is -0.795. The molecule has 0 aromatic heterocycles. The predicted molar refractivity (Wildman–Crippen MR) is 60.5 cm³/mol. The van der Waals surface area contributed by atoms with Gasteiger partial charge in [0.1, 0.15) is 5.82 Å². The number of benzene rings is 1. The van der Waals surface area contributed by atoms with Crippen molar-refractivity contribution in [3.05, 3.63) is 29.6 Å². The van der Waals surface area contributed by atoms with Crippen LogP contribution in [0.15, 0.2) is 18.2 Å². The van der Waals surface area contributed by atoms with E-state index >= 15 is 0 Å². The molecule has 0 aliphatic heterocycles. The highest BCUT2D eigenvalue weighted by atomic mass is 19.1. The number of nitrogens with one attached hydrogen (secondary N) is 1. The van der Waals surface area contributed by atoms with Crippen LogP contribution in [-0.2, 0) is 0 Å². The molecule has 1 atom stereocenters. The Labute approximate surface area is 90.1 Å². The number of halogens is 1. The maximum Gasteiger partial charge on any atom is 0.146 e. The van der Waals surface area contributed by atoms with E-state index in [4.69, 9.17) is 0 Å². The molecular formula is C12H18FNO. The van der Waals surface area contributed by atoms with Gasteiger partial charge in [-0.1, -0.05) is 13.0 Å². The molecule has 1 unspecified atom stereocenters. The van der Waals surface area contributed by atoms with E-state index in [-0.39, 0.29) is 5.82 Å². The van der Waals surface area contributed by atoms with Crippen LogP contribution in [0.25, 0.3) is 0 Å². The molecule has 0 aliphatic carbocycles. The number of hydrogen-bond acceptors (Lipinski definition) is 2. The Morgan fingerprint density at radius 1 is 1.47 bits per heavy atom. The van der Waals surface area contributed by atoms with Gasteiger partial charge in [-0.15, -0.1) is 0 Å². The first-order chi connectivity index (χ1) is 6.94. The monoisotopic (exact) mass is 211 g/mol. The molecule has 84 valence electrons. The lowest BCUT2D eigenvalue weighted by Crippen LogP contribution is -2.32. The lowest BCUT2D eigenvalue weighted by molar-refractivity contribution is 0.0697. The van der Waals surface area contributed by atoms with E-state index in [1.807, 2.05) is 13.8 Å². The molecule has 1 aromatic rings. The molecule has 0 saturated heterocycles. The lowest BCUT2D eigenvalue weighted by Gasteiger charge is -2.22. The minimum absolute atomic E-state index is 0.285. The molecule has 1 aromatic carbocycles. The van der Waals surface area contributed by atoms with E-state index in [1.165, 1.54) is 6.07 Å². The zero-order valence-electron chi connectivity index (χ0n) is 9.47. The Bertz CT molecular complexity index is 336. The first-order valence-electron chi connectivity index (χ1n) is 5.17. The zero-order valence-corrected chi connectivity index (χ0v) is 9.47. The van der Waals surface area contributed by atoms with Gasteiger partial charge in [-0.05, 0) is 38.0 Å². The van der Waals surface area contributed by atoms with E-state index in [9.17, 15) is 9.50 Å². The van der Waals surface area contributed by atoms with Gasteiger partial charge in [-0.25, -0.2) is 4.39 Å². The first kappa shape index (κ1) is 12.0. The van der Waals surface area contributed by atoms with Crippen molar-refractivity contribution >= 4 is 5.69 Å². The number of aryl methyl sites for hydroxylation is 1. The fourth-order valence-corrected chi connectivity index (χ4v) is 1.19. The van der Waals surface area contributed by atoms with E-state index in [1.54, 1.807) is 19.1 Å². The topological polar surface area (TPSA) is 32.3 Å². The predicted octanol–water partition coefficient (Wildman–Crippen LogP) is 2.71. The molecule has 3 heteroatoms. The molecule has 15 heavy (non-hydrogen) atoms. The third-order valence-electron chi connectivity index (χ3n) is 2.54. The molecule has 0 bridgehead atoms. The van der Waals surface area contributed by atoms with Crippen LogP contribution < -0.4 is 5.32 Å². The highest BCUT2D eigenvalue weighted by molar-refractivity contribution is 5.47. The summed E-state index contributed by atoms with van der Waals surface area (Å²) in [4.78, 5) is 0. The molecule has 2 N–H and O–H groups in total. The van der Waals surface area contributed by atoms with Crippen LogP contribution in [0.4, 0.5) is 10.1 Å². The third kappa shape index (κ3) is 3.51. The van der Waals surface area contributed by atoms with Crippen molar-refractivity contribution in [3.8, 4) is 0 Å². The average molecular weight is 211 g/mol. The van der Waals surface area contributed by atoms with Crippen LogP contribution in [-0.4, -0.2) is 17.3 Å². The number of anilines is 1. The summed E-state index contributed by atoms with van der Waals surface area (Å²) in [5.74, 6) is -0.285. The standard InChI is InChI=1S/C12H18FNO/c1-4-12(3,15)8-14-11-7-9(2)5-6-10(11)13/h5-7,14-15H,4,8H2,1-3H3. The Morgan fingerprint density at radius 3 is 2.73 bits per heavy atom. The summed E-state index contributed by atoms with van der Waals surface area (Å²) < 4.78 is 13.3. The molecule has 0 spiro atoms. The van der Waals surface area contributed by atoms with Gasteiger partial charge < -0.3 is 10.4 Å². The molecule has 0 radical (unpaired) electrons. The van der Waals surface area contributed by atoms with E-state index < -0.39 is 5.60 Å². The van der Waals surface area contributed by atoms with Crippen LogP contribution >= 0.6 is 0 Å². The van der Waals surface area contributed by atoms with E-state index in [2.05, 4.69) is 5.32 Å². The largest absolute Gasteiger partial charge is 0.388 e. The highest BCUT2D eigenvalue weighted by Gasteiger charge is 2.17. The fraction of sp³-hybridized carbons (Fsp3) is 0.500. The van der Waals surface area contributed by atoms with Crippen molar-refractivity contribution in [1.82, 2.24) is 0 Å². The van der Waals surface area contributed by atoms with Crippen LogP contribution in [0.3, 0.4) is 0 Å². The van der Waals surface area contributed by atoms with Crippen LogP contribution in [0, 0.1) is 12.7 Å². The summed E-state index contributed by atoms with van der Waals surface area (Å²) >= 11 is 0. The van der Waals surface area contributed by atoms with Crippen molar-refractivity contribution < 1.29 is 9.50 Å². The third-order valence-corrected chi connectivity index (χ3v) is 2.54. The summed E-state index contributed by atoms with van der Waals surface area (Å²) in [5.41, 5.74) is 0.648. The number of aliphatic hydroxyl groups is 1. The highest BCUT2D eigenvalue weighted by Crippen LogP contribution is 2.17. The molecule has 0 heterocycles. The molecular weight excluding hydrogens is 193 g/mol. The smallest absolute Gasteiger partial charge is 0.146 e. The van der Waals surface area contributed by atoms with Crippen molar-refractivity contribution in [3.63, 3.8) is 0 Å². The Hall–Kier alpha value is -1.09. The summed E-state index contributed by atoms with van der Waals surface area (Å²) in [6, 6.07) is 4.89. The van der Waals surface area contributed by atoms with E-state index in [0.717, 1.165) is 5.56 Å². The van der Waals surface area contributed by atoms with Crippen LogP contribution in [0.5, 0.6) is 0 Å².